The van der Waals surface area contributed by atoms with Crippen molar-refractivity contribution in [3.05, 3.63) is 53.8 Å². The normalized spacial score (nSPS) is 12.9. The van der Waals surface area contributed by atoms with Gasteiger partial charge in [-0.1, -0.05) is 6.07 Å². The molecule has 0 spiro atoms. The molecule has 0 aromatic heterocycles. The fourth-order valence-corrected chi connectivity index (χ4v) is 3.11. The summed E-state index contributed by atoms with van der Waals surface area (Å²) in [5, 5.41) is 8.27. The van der Waals surface area contributed by atoms with Crippen molar-refractivity contribution in [2.75, 3.05) is 16.4 Å². The van der Waals surface area contributed by atoms with Crippen LogP contribution in [0.5, 0.6) is 0 Å². The van der Waals surface area contributed by atoms with E-state index in [1.807, 2.05) is 0 Å². The third-order valence-corrected chi connectivity index (χ3v) is 5.08. The van der Waals surface area contributed by atoms with Gasteiger partial charge in [0.05, 0.1) is 5.75 Å². The number of hydrogen-bond donors (Lipinski definition) is 3. The molecular weight excluding hydrogens is 381 g/mol. The molecule has 0 radical (unpaired) electrons. The van der Waals surface area contributed by atoms with E-state index in [4.69, 9.17) is 0 Å². The van der Waals surface area contributed by atoms with E-state index >= 15 is 0 Å². The van der Waals surface area contributed by atoms with E-state index in [1.165, 1.54) is 25.1 Å². The number of carbonyl (C=O) groups is 3. The number of carbonyl (C=O) groups excluding carboxylic acids is 3. The highest BCUT2D eigenvalue weighted by Crippen LogP contribution is 2.23. The number of Topliss-reactive ketones (excluding diaryl/α,β-unsaturated/α-hetero) is 1. The molecular formula is C20H20FN3O3S. The van der Waals surface area contributed by atoms with E-state index in [2.05, 4.69) is 16.0 Å². The lowest BCUT2D eigenvalue weighted by Crippen LogP contribution is -2.30. The summed E-state index contributed by atoms with van der Waals surface area (Å²) >= 11 is 1.05. The summed E-state index contributed by atoms with van der Waals surface area (Å²) in [7, 11) is 0. The molecule has 1 aliphatic rings. The van der Waals surface area contributed by atoms with Crippen molar-refractivity contribution in [3.8, 4) is 0 Å². The summed E-state index contributed by atoms with van der Waals surface area (Å²) in [5.41, 5.74) is 1.50. The molecule has 1 aliphatic carbocycles. The fourth-order valence-electron chi connectivity index (χ4n) is 2.39. The van der Waals surface area contributed by atoms with Crippen LogP contribution in [-0.2, 0) is 4.79 Å². The van der Waals surface area contributed by atoms with Gasteiger partial charge in [0.15, 0.2) is 5.78 Å². The fraction of sp³-hybridized carbons (Fsp3) is 0.250. The number of ketones is 1. The Kier molecular flexibility index (Phi) is 6.30. The minimum Gasteiger partial charge on any atom is -0.335 e. The number of rotatable bonds is 7. The van der Waals surface area contributed by atoms with E-state index in [1.54, 1.807) is 24.3 Å². The Labute approximate surface area is 166 Å². The Morgan fingerprint density at radius 3 is 2.25 bits per heavy atom. The standard InChI is InChI=1S/C20H20FN3O3S/c1-12(25)13-2-9-18(17(21)10-13)28-11-19(26)22-14-3-5-15(6-4-14)23-20(27)24-16-7-8-16/h2-6,9-10,16H,7-8,11H2,1H3,(H,22,26)(H2,23,24,27). The molecule has 8 heteroatoms. The van der Waals surface area contributed by atoms with E-state index < -0.39 is 5.82 Å². The van der Waals surface area contributed by atoms with Crippen LogP contribution in [-0.4, -0.2) is 29.5 Å². The first-order valence-electron chi connectivity index (χ1n) is 8.81. The van der Waals surface area contributed by atoms with Crippen LogP contribution in [0.2, 0.25) is 0 Å². The van der Waals surface area contributed by atoms with Crippen LogP contribution >= 0.6 is 11.8 Å². The predicted molar refractivity (Wildman–Crippen MR) is 107 cm³/mol. The van der Waals surface area contributed by atoms with Gasteiger partial charge in [0.2, 0.25) is 5.91 Å². The van der Waals surface area contributed by atoms with Crippen molar-refractivity contribution in [1.82, 2.24) is 5.32 Å². The van der Waals surface area contributed by atoms with Crippen molar-refractivity contribution >= 4 is 40.9 Å². The summed E-state index contributed by atoms with van der Waals surface area (Å²) in [6.07, 6.45) is 2.03. The molecule has 2 aromatic carbocycles. The molecule has 6 nitrogen and oxygen atoms in total. The zero-order valence-corrected chi connectivity index (χ0v) is 16.1. The Bertz CT molecular complexity index is 898. The number of urea groups is 1. The molecule has 3 rings (SSSR count). The highest BCUT2D eigenvalue weighted by atomic mass is 32.2. The Morgan fingerprint density at radius 2 is 1.68 bits per heavy atom. The first-order valence-corrected chi connectivity index (χ1v) is 9.80. The third kappa shape index (κ3) is 5.82. The monoisotopic (exact) mass is 401 g/mol. The predicted octanol–water partition coefficient (Wildman–Crippen LogP) is 4.04. The number of benzene rings is 2. The maximum Gasteiger partial charge on any atom is 0.319 e. The first kappa shape index (κ1) is 19.9. The molecule has 0 unspecified atom stereocenters. The van der Waals surface area contributed by atoms with Crippen LogP contribution in [0, 0.1) is 5.82 Å². The topological polar surface area (TPSA) is 87.3 Å². The molecule has 0 atom stereocenters. The minimum absolute atomic E-state index is 0.0279. The van der Waals surface area contributed by atoms with Gasteiger partial charge in [0.1, 0.15) is 5.82 Å². The van der Waals surface area contributed by atoms with Gasteiger partial charge in [0, 0.05) is 27.9 Å². The zero-order chi connectivity index (χ0) is 20.1. The molecule has 28 heavy (non-hydrogen) atoms. The summed E-state index contributed by atoms with van der Waals surface area (Å²) in [4.78, 5) is 35.3. The van der Waals surface area contributed by atoms with Gasteiger partial charge in [-0.3, -0.25) is 9.59 Å². The van der Waals surface area contributed by atoms with Gasteiger partial charge in [-0.2, -0.15) is 0 Å². The zero-order valence-electron chi connectivity index (χ0n) is 15.3. The highest BCUT2D eigenvalue weighted by molar-refractivity contribution is 8.00. The van der Waals surface area contributed by atoms with Crippen molar-refractivity contribution in [2.24, 2.45) is 0 Å². The number of thioether (sulfide) groups is 1. The van der Waals surface area contributed by atoms with Crippen LogP contribution in [0.3, 0.4) is 0 Å². The molecule has 1 saturated carbocycles. The second kappa shape index (κ2) is 8.88. The van der Waals surface area contributed by atoms with Gasteiger partial charge in [-0.15, -0.1) is 11.8 Å². The van der Waals surface area contributed by atoms with Gasteiger partial charge < -0.3 is 16.0 Å². The number of hydrogen-bond acceptors (Lipinski definition) is 4. The van der Waals surface area contributed by atoms with Gasteiger partial charge in [0.25, 0.3) is 0 Å². The average Bonchev–Trinajstić information content (AvgIpc) is 3.46. The smallest absolute Gasteiger partial charge is 0.319 e. The quantitative estimate of drug-likeness (QED) is 0.483. The largest absolute Gasteiger partial charge is 0.335 e. The maximum absolute atomic E-state index is 14.0. The van der Waals surface area contributed by atoms with Gasteiger partial charge in [-0.05, 0) is 56.2 Å². The lowest BCUT2D eigenvalue weighted by Gasteiger charge is -2.09. The molecule has 3 amide bonds. The molecule has 146 valence electrons. The van der Waals surface area contributed by atoms with E-state index in [-0.39, 0.29) is 29.5 Å². The lowest BCUT2D eigenvalue weighted by molar-refractivity contribution is -0.113. The minimum atomic E-state index is -0.523. The summed E-state index contributed by atoms with van der Waals surface area (Å²) in [6.45, 7) is 1.37. The number of halogens is 1. The molecule has 0 bridgehead atoms. The first-order chi connectivity index (χ1) is 13.4. The van der Waals surface area contributed by atoms with Crippen LogP contribution in [0.1, 0.15) is 30.1 Å². The third-order valence-electron chi connectivity index (χ3n) is 4.04. The molecule has 1 fully saturated rings. The second-order valence-corrected chi connectivity index (χ2v) is 7.51. The molecule has 0 aliphatic heterocycles. The Balaban J connectivity index is 1.47. The molecule has 0 saturated heterocycles. The van der Waals surface area contributed by atoms with E-state index in [0.29, 0.717) is 21.8 Å². The van der Waals surface area contributed by atoms with E-state index in [9.17, 15) is 18.8 Å². The number of anilines is 2. The molecule has 2 aromatic rings. The van der Waals surface area contributed by atoms with Gasteiger partial charge >= 0.3 is 6.03 Å². The van der Waals surface area contributed by atoms with Crippen LogP contribution in [0.25, 0.3) is 0 Å². The lowest BCUT2D eigenvalue weighted by atomic mass is 10.1. The number of nitrogens with one attached hydrogen (secondary N) is 3. The van der Waals surface area contributed by atoms with Crippen molar-refractivity contribution in [1.29, 1.82) is 0 Å². The second-order valence-electron chi connectivity index (χ2n) is 6.49. The summed E-state index contributed by atoms with van der Waals surface area (Å²) in [5.74, 6) is -0.992. The number of amides is 3. The Morgan fingerprint density at radius 1 is 1.04 bits per heavy atom. The molecule has 3 N–H and O–H groups in total. The van der Waals surface area contributed by atoms with Crippen LogP contribution < -0.4 is 16.0 Å². The highest BCUT2D eigenvalue weighted by Gasteiger charge is 2.23. The van der Waals surface area contributed by atoms with Crippen molar-refractivity contribution in [3.63, 3.8) is 0 Å². The average molecular weight is 401 g/mol. The van der Waals surface area contributed by atoms with Gasteiger partial charge in [-0.25, -0.2) is 9.18 Å². The van der Waals surface area contributed by atoms with Crippen LogP contribution in [0.4, 0.5) is 20.6 Å². The summed E-state index contributed by atoms with van der Waals surface area (Å²) in [6, 6.07) is 11.0. The SMILES string of the molecule is CC(=O)c1ccc(SCC(=O)Nc2ccc(NC(=O)NC3CC3)cc2)c(F)c1. The summed E-state index contributed by atoms with van der Waals surface area (Å²) < 4.78 is 14.0. The Hall–Kier alpha value is -2.87. The van der Waals surface area contributed by atoms with Crippen LogP contribution in [0.15, 0.2) is 47.4 Å². The maximum atomic E-state index is 14.0. The van der Waals surface area contributed by atoms with Crippen molar-refractivity contribution < 1.29 is 18.8 Å². The molecule has 0 heterocycles. The van der Waals surface area contributed by atoms with Crippen molar-refractivity contribution in [2.45, 2.75) is 30.7 Å². The van der Waals surface area contributed by atoms with E-state index in [0.717, 1.165) is 24.6 Å².